The first-order chi connectivity index (χ1) is 15.4. The zero-order chi connectivity index (χ0) is 22.7. The maximum Gasteiger partial charge on any atom is 0.344 e. The van der Waals surface area contributed by atoms with Gasteiger partial charge in [0.25, 0.3) is 5.56 Å². The predicted molar refractivity (Wildman–Crippen MR) is 127 cm³/mol. The molecule has 1 saturated carbocycles. The van der Waals surface area contributed by atoms with Crippen molar-refractivity contribution in [3.63, 3.8) is 0 Å². The highest BCUT2D eigenvalue weighted by Gasteiger charge is 2.22. The van der Waals surface area contributed by atoms with E-state index in [-0.39, 0.29) is 11.5 Å². The number of carbonyl (C=O) groups is 1. The van der Waals surface area contributed by atoms with Crippen molar-refractivity contribution >= 4 is 39.0 Å². The maximum absolute atomic E-state index is 13.3. The van der Waals surface area contributed by atoms with Crippen LogP contribution in [0.15, 0.2) is 56.8 Å². The molecule has 32 heavy (non-hydrogen) atoms. The summed E-state index contributed by atoms with van der Waals surface area (Å²) < 4.78 is 7.76. The number of aromatic nitrogens is 2. The summed E-state index contributed by atoms with van der Waals surface area (Å²) in [4.78, 5) is 29.4. The summed E-state index contributed by atoms with van der Waals surface area (Å²) >= 11 is 3.43. The molecule has 1 atom stereocenters. The fourth-order valence-electron chi connectivity index (χ4n) is 3.97. The lowest BCUT2D eigenvalue weighted by atomic mass is 9.88. The van der Waals surface area contributed by atoms with Crippen molar-refractivity contribution in [1.29, 1.82) is 0 Å². The normalized spacial score (nSPS) is 15.8. The Morgan fingerprint density at radius 2 is 2.00 bits per heavy atom. The number of para-hydroxylation sites is 1. The number of nitrogens with zero attached hydrogens (tertiary/aromatic N) is 3. The summed E-state index contributed by atoms with van der Waals surface area (Å²) in [7, 11) is 0. The second-order valence-electron chi connectivity index (χ2n) is 7.96. The van der Waals surface area contributed by atoms with Crippen molar-refractivity contribution in [3.05, 3.63) is 68.7 Å². The van der Waals surface area contributed by atoms with E-state index in [1.165, 1.54) is 24.2 Å². The van der Waals surface area contributed by atoms with Gasteiger partial charge in [0.1, 0.15) is 11.6 Å². The molecule has 0 spiro atoms. The average Bonchev–Trinajstić information content (AvgIpc) is 2.80. The molecule has 3 aromatic rings. The van der Waals surface area contributed by atoms with E-state index in [4.69, 9.17) is 9.72 Å². The highest BCUT2D eigenvalue weighted by atomic mass is 79.9. The number of benzene rings is 2. The van der Waals surface area contributed by atoms with Crippen molar-refractivity contribution in [1.82, 2.24) is 9.66 Å². The van der Waals surface area contributed by atoms with E-state index >= 15 is 0 Å². The van der Waals surface area contributed by atoms with Crippen LogP contribution < -0.4 is 10.3 Å². The molecule has 1 N–H and O–H groups in total. The molecule has 0 bridgehead atoms. The summed E-state index contributed by atoms with van der Waals surface area (Å²) in [6.07, 6.45) is 5.85. The summed E-state index contributed by atoms with van der Waals surface area (Å²) in [6, 6.07) is 12.5. The Morgan fingerprint density at radius 3 is 2.75 bits per heavy atom. The topological polar surface area (TPSA) is 93.8 Å². The van der Waals surface area contributed by atoms with E-state index in [1.54, 1.807) is 24.3 Å². The largest absolute Gasteiger partial charge is 0.479 e. The van der Waals surface area contributed by atoms with Crippen LogP contribution in [-0.2, 0) is 4.79 Å². The minimum Gasteiger partial charge on any atom is -0.479 e. The molecule has 166 valence electrons. The molecule has 0 aliphatic heterocycles. The number of hydrogen-bond acceptors (Lipinski definition) is 5. The van der Waals surface area contributed by atoms with E-state index in [1.807, 2.05) is 18.2 Å². The molecule has 1 aromatic heterocycles. The number of aliphatic carboxylic acids is 1. The Hall–Kier alpha value is -3.00. The van der Waals surface area contributed by atoms with Gasteiger partial charge in [-0.3, -0.25) is 4.79 Å². The van der Waals surface area contributed by atoms with Gasteiger partial charge in [0.2, 0.25) is 0 Å². The Bertz CT molecular complexity index is 1230. The number of ether oxygens (including phenoxy) is 1. The minimum atomic E-state index is -1.06. The van der Waals surface area contributed by atoms with Gasteiger partial charge in [0.05, 0.1) is 17.1 Å². The lowest BCUT2D eigenvalue weighted by Gasteiger charge is -2.22. The lowest BCUT2D eigenvalue weighted by molar-refractivity contribution is -0.144. The van der Waals surface area contributed by atoms with E-state index in [9.17, 15) is 14.7 Å². The molecular formula is C24H24BrN3O4. The number of carboxylic acids is 1. The SMILES string of the molecule is C[C@H](Oc1ccc(Br)cc1C=Nn1c(C2CCCCC2)nc2ccccc2c1=O)C(=O)O. The number of carboxylic acid groups (broad SMARTS) is 1. The Balaban J connectivity index is 1.80. The summed E-state index contributed by atoms with van der Waals surface area (Å²) in [5.74, 6) is 0.141. The van der Waals surface area contributed by atoms with E-state index in [0.717, 1.165) is 30.2 Å². The van der Waals surface area contributed by atoms with Gasteiger partial charge in [-0.1, -0.05) is 47.3 Å². The van der Waals surface area contributed by atoms with Gasteiger partial charge in [-0.15, -0.1) is 0 Å². The molecular weight excluding hydrogens is 474 g/mol. The standard InChI is InChI=1S/C24H24BrN3O4/c1-15(24(30)31)32-21-12-11-18(25)13-17(21)14-26-28-22(16-7-3-2-4-8-16)27-20-10-6-5-9-19(20)23(28)29/h5-6,9-16H,2-4,7-8H2,1H3,(H,30,31)/t15-/m0/s1. The van der Waals surface area contributed by atoms with Gasteiger partial charge in [0.15, 0.2) is 6.10 Å². The van der Waals surface area contributed by atoms with Gasteiger partial charge >= 0.3 is 5.97 Å². The van der Waals surface area contributed by atoms with Crippen molar-refractivity contribution in [3.8, 4) is 5.75 Å². The minimum absolute atomic E-state index is 0.170. The van der Waals surface area contributed by atoms with Crippen LogP contribution in [0.25, 0.3) is 10.9 Å². The summed E-state index contributed by atoms with van der Waals surface area (Å²) in [5, 5.41) is 14.2. The van der Waals surface area contributed by atoms with E-state index < -0.39 is 12.1 Å². The molecule has 1 aliphatic carbocycles. The highest BCUT2D eigenvalue weighted by Crippen LogP contribution is 2.32. The molecule has 4 rings (SSSR count). The quantitative estimate of drug-likeness (QED) is 0.486. The molecule has 8 heteroatoms. The Morgan fingerprint density at radius 1 is 1.25 bits per heavy atom. The van der Waals surface area contributed by atoms with Gasteiger partial charge in [-0.2, -0.15) is 9.78 Å². The lowest BCUT2D eigenvalue weighted by Crippen LogP contribution is -2.25. The van der Waals surface area contributed by atoms with Gasteiger partial charge in [0, 0.05) is 16.0 Å². The van der Waals surface area contributed by atoms with Crippen LogP contribution in [0.2, 0.25) is 0 Å². The van der Waals surface area contributed by atoms with Crippen molar-refractivity contribution in [2.24, 2.45) is 5.10 Å². The molecule has 2 aromatic carbocycles. The third-order valence-electron chi connectivity index (χ3n) is 5.68. The van der Waals surface area contributed by atoms with Gasteiger partial charge in [-0.25, -0.2) is 9.78 Å². The molecule has 0 amide bonds. The molecule has 7 nitrogen and oxygen atoms in total. The van der Waals surface area contributed by atoms with Crippen LogP contribution in [-0.4, -0.2) is 33.1 Å². The molecule has 0 radical (unpaired) electrons. The molecule has 1 aliphatic rings. The maximum atomic E-state index is 13.3. The van der Waals surface area contributed by atoms with Crippen molar-refractivity contribution in [2.45, 2.75) is 51.0 Å². The number of fused-ring (bicyclic) bond motifs is 1. The first kappa shape index (κ1) is 22.2. The molecule has 0 unspecified atom stereocenters. The number of hydrogen-bond donors (Lipinski definition) is 1. The first-order valence-corrected chi connectivity index (χ1v) is 11.5. The fraction of sp³-hybridized carbons (Fsp3) is 0.333. The van der Waals surface area contributed by atoms with E-state index in [2.05, 4.69) is 21.0 Å². The summed E-state index contributed by atoms with van der Waals surface area (Å²) in [5.41, 5.74) is 1.01. The smallest absolute Gasteiger partial charge is 0.344 e. The first-order valence-electron chi connectivity index (χ1n) is 10.7. The molecule has 0 saturated heterocycles. The van der Waals surface area contributed by atoms with Crippen molar-refractivity contribution < 1.29 is 14.6 Å². The number of halogens is 1. The third-order valence-corrected chi connectivity index (χ3v) is 6.18. The molecule has 1 heterocycles. The van der Waals surface area contributed by atoms with Crippen LogP contribution in [0.1, 0.15) is 56.3 Å². The zero-order valence-corrected chi connectivity index (χ0v) is 19.3. The number of rotatable bonds is 6. The second kappa shape index (κ2) is 9.65. The summed E-state index contributed by atoms with van der Waals surface area (Å²) in [6.45, 7) is 1.46. The van der Waals surface area contributed by atoms with Gasteiger partial charge < -0.3 is 9.84 Å². The molecule has 1 fully saturated rings. The predicted octanol–water partition coefficient (Wildman–Crippen LogP) is 4.94. The Labute approximate surface area is 193 Å². The van der Waals surface area contributed by atoms with E-state index in [0.29, 0.717) is 28.0 Å². The van der Waals surface area contributed by atoms with Crippen LogP contribution in [0.3, 0.4) is 0 Å². The van der Waals surface area contributed by atoms with Crippen LogP contribution in [0.4, 0.5) is 0 Å². The van der Waals surface area contributed by atoms with Crippen molar-refractivity contribution in [2.75, 3.05) is 0 Å². The highest BCUT2D eigenvalue weighted by molar-refractivity contribution is 9.10. The second-order valence-corrected chi connectivity index (χ2v) is 8.88. The fourth-order valence-corrected chi connectivity index (χ4v) is 4.34. The third kappa shape index (κ3) is 4.75. The monoisotopic (exact) mass is 497 g/mol. The van der Waals surface area contributed by atoms with Crippen LogP contribution >= 0.6 is 15.9 Å². The van der Waals surface area contributed by atoms with Gasteiger partial charge in [-0.05, 0) is 50.1 Å². The average molecular weight is 498 g/mol. The van der Waals surface area contributed by atoms with Crippen LogP contribution in [0.5, 0.6) is 5.75 Å². The Kier molecular flexibility index (Phi) is 6.69. The zero-order valence-electron chi connectivity index (χ0n) is 17.7. The van der Waals surface area contributed by atoms with Crippen LogP contribution in [0, 0.1) is 0 Å².